The van der Waals surface area contributed by atoms with E-state index in [-0.39, 0.29) is 5.41 Å². The second kappa shape index (κ2) is 5.84. The van der Waals surface area contributed by atoms with Crippen LogP contribution in [0.4, 0.5) is 0 Å². The van der Waals surface area contributed by atoms with E-state index < -0.39 is 0 Å². The predicted molar refractivity (Wildman–Crippen MR) is 82.4 cm³/mol. The molecule has 0 amide bonds. The van der Waals surface area contributed by atoms with Crippen LogP contribution in [0.25, 0.3) is 4.96 Å². The summed E-state index contributed by atoms with van der Waals surface area (Å²) in [4.78, 5) is 5.82. The Morgan fingerprint density at radius 2 is 2.45 bits per heavy atom. The van der Waals surface area contributed by atoms with Crippen molar-refractivity contribution in [1.82, 2.24) is 14.7 Å². The Morgan fingerprint density at radius 3 is 3.15 bits per heavy atom. The molecule has 0 radical (unpaired) electrons. The molecule has 5 heteroatoms. The molecular weight excluding hydrogens is 270 g/mol. The Hall–Kier alpha value is -0.910. The van der Waals surface area contributed by atoms with Gasteiger partial charge in [0.25, 0.3) is 0 Å². The van der Waals surface area contributed by atoms with Gasteiger partial charge in [0.2, 0.25) is 0 Å². The van der Waals surface area contributed by atoms with E-state index in [9.17, 15) is 0 Å². The van der Waals surface area contributed by atoms with E-state index in [0.29, 0.717) is 6.04 Å². The number of ether oxygens (including phenoxy) is 1. The number of thiazole rings is 1. The zero-order valence-electron chi connectivity index (χ0n) is 12.3. The van der Waals surface area contributed by atoms with Crippen LogP contribution in [0, 0.1) is 5.41 Å². The minimum atomic E-state index is 0.201. The van der Waals surface area contributed by atoms with Crippen LogP contribution in [-0.4, -0.2) is 35.2 Å². The smallest absolute Gasteiger partial charge is 0.193 e. The molecule has 1 unspecified atom stereocenters. The maximum atomic E-state index is 5.77. The van der Waals surface area contributed by atoms with E-state index in [4.69, 9.17) is 9.72 Å². The van der Waals surface area contributed by atoms with Gasteiger partial charge in [0.05, 0.1) is 12.3 Å². The van der Waals surface area contributed by atoms with Gasteiger partial charge in [0, 0.05) is 48.8 Å². The first-order valence-corrected chi connectivity index (χ1v) is 8.27. The molecule has 1 aliphatic heterocycles. The number of hydrogen-bond donors (Lipinski definition) is 1. The fraction of sp³-hybridized carbons (Fsp3) is 0.667. The van der Waals surface area contributed by atoms with Gasteiger partial charge >= 0.3 is 0 Å². The summed E-state index contributed by atoms with van der Waals surface area (Å²) in [6, 6.07) is 0.513. The summed E-state index contributed by atoms with van der Waals surface area (Å²) < 4.78 is 7.89. The molecule has 1 aliphatic rings. The molecule has 4 nitrogen and oxygen atoms in total. The number of imidazole rings is 1. The monoisotopic (exact) mass is 293 g/mol. The molecular formula is C15H23N3OS. The largest absolute Gasteiger partial charge is 0.381 e. The van der Waals surface area contributed by atoms with E-state index in [0.717, 1.165) is 37.6 Å². The Bertz CT molecular complexity index is 526. The molecule has 1 fully saturated rings. The summed E-state index contributed by atoms with van der Waals surface area (Å²) in [5.41, 5.74) is 1.39. The first-order valence-electron chi connectivity index (χ1n) is 7.39. The number of aromatic nitrogens is 2. The summed E-state index contributed by atoms with van der Waals surface area (Å²) in [5, 5.41) is 5.67. The van der Waals surface area contributed by atoms with Crippen LogP contribution in [0.15, 0.2) is 17.8 Å². The molecule has 1 saturated heterocycles. The normalized spacial score (nSPS) is 23.8. The van der Waals surface area contributed by atoms with Crippen molar-refractivity contribution < 1.29 is 4.74 Å². The van der Waals surface area contributed by atoms with Crippen LogP contribution < -0.4 is 5.32 Å². The fourth-order valence-electron chi connectivity index (χ4n) is 2.92. The lowest BCUT2D eigenvalue weighted by Crippen LogP contribution is -2.44. The van der Waals surface area contributed by atoms with E-state index in [1.165, 1.54) is 12.1 Å². The van der Waals surface area contributed by atoms with Crippen molar-refractivity contribution in [2.75, 3.05) is 19.8 Å². The van der Waals surface area contributed by atoms with Crippen molar-refractivity contribution in [3.05, 3.63) is 23.5 Å². The zero-order valence-corrected chi connectivity index (χ0v) is 13.1. The quantitative estimate of drug-likeness (QED) is 0.921. The minimum Gasteiger partial charge on any atom is -0.381 e. The molecule has 2 aromatic rings. The lowest BCUT2D eigenvalue weighted by atomic mass is 9.78. The van der Waals surface area contributed by atoms with Gasteiger partial charge in [0.15, 0.2) is 4.96 Å². The first kappa shape index (κ1) is 14.0. The molecule has 2 aromatic heterocycles. The average molecular weight is 293 g/mol. The Balaban J connectivity index is 1.76. The number of hydrogen-bond acceptors (Lipinski definition) is 4. The van der Waals surface area contributed by atoms with Crippen molar-refractivity contribution >= 4 is 16.3 Å². The van der Waals surface area contributed by atoms with Crippen LogP contribution >= 0.6 is 11.3 Å². The zero-order chi connectivity index (χ0) is 14.0. The highest BCUT2D eigenvalue weighted by Crippen LogP contribution is 2.32. The predicted octanol–water partition coefficient (Wildman–Crippen LogP) is 2.73. The third-order valence-electron chi connectivity index (χ3n) is 3.99. The molecule has 0 aliphatic carbocycles. The van der Waals surface area contributed by atoms with Gasteiger partial charge < -0.3 is 10.1 Å². The minimum absolute atomic E-state index is 0.201. The van der Waals surface area contributed by atoms with Crippen molar-refractivity contribution in [2.45, 2.75) is 39.2 Å². The molecule has 0 spiro atoms. The molecule has 1 atom stereocenters. The van der Waals surface area contributed by atoms with Crippen molar-refractivity contribution in [2.24, 2.45) is 5.41 Å². The highest BCUT2D eigenvalue weighted by molar-refractivity contribution is 7.15. The number of nitrogens with one attached hydrogen (secondary N) is 1. The van der Waals surface area contributed by atoms with Gasteiger partial charge in [-0.25, -0.2) is 4.98 Å². The molecule has 3 rings (SSSR count). The van der Waals surface area contributed by atoms with Crippen LogP contribution in [0.3, 0.4) is 0 Å². The van der Waals surface area contributed by atoms with Gasteiger partial charge in [0.1, 0.15) is 0 Å². The standard InChI is InChI=1S/C15H23N3OS/c1-12(2)16-10-15(4-3-6-19-11-15)8-13-9-18-5-7-20-14(18)17-13/h5,7,9,12,16H,3-4,6,8,10-11H2,1-2H3. The summed E-state index contributed by atoms with van der Waals surface area (Å²) in [5.74, 6) is 0. The SMILES string of the molecule is CC(C)NCC1(Cc2cn3ccsc3n2)CCCOC1. The van der Waals surface area contributed by atoms with Gasteiger partial charge in [-0.2, -0.15) is 0 Å². The van der Waals surface area contributed by atoms with Gasteiger partial charge in [-0.05, 0) is 12.8 Å². The lowest BCUT2D eigenvalue weighted by molar-refractivity contribution is -0.00844. The van der Waals surface area contributed by atoms with E-state index in [1.807, 2.05) is 0 Å². The van der Waals surface area contributed by atoms with Crippen molar-refractivity contribution in [3.63, 3.8) is 0 Å². The average Bonchev–Trinajstić information content (AvgIpc) is 2.98. The maximum Gasteiger partial charge on any atom is 0.193 e. The van der Waals surface area contributed by atoms with E-state index in [1.54, 1.807) is 11.3 Å². The molecule has 20 heavy (non-hydrogen) atoms. The highest BCUT2D eigenvalue weighted by atomic mass is 32.1. The van der Waals surface area contributed by atoms with E-state index in [2.05, 4.69) is 41.3 Å². The third kappa shape index (κ3) is 3.05. The van der Waals surface area contributed by atoms with Crippen LogP contribution in [0.1, 0.15) is 32.4 Å². The molecule has 0 saturated carbocycles. The summed E-state index contributed by atoms with van der Waals surface area (Å²) in [6.07, 6.45) is 7.62. The number of fused-ring (bicyclic) bond motifs is 1. The van der Waals surface area contributed by atoms with E-state index >= 15 is 0 Å². The Labute approximate surface area is 124 Å². The van der Waals surface area contributed by atoms with Gasteiger partial charge in [-0.3, -0.25) is 4.40 Å². The molecule has 0 aromatic carbocycles. The summed E-state index contributed by atoms with van der Waals surface area (Å²) in [7, 11) is 0. The van der Waals surface area contributed by atoms with Crippen LogP contribution in [0.2, 0.25) is 0 Å². The second-order valence-corrected chi connectivity index (χ2v) is 7.07. The third-order valence-corrected chi connectivity index (χ3v) is 4.76. The highest BCUT2D eigenvalue weighted by Gasteiger charge is 2.34. The number of rotatable bonds is 5. The van der Waals surface area contributed by atoms with Gasteiger partial charge in [-0.1, -0.05) is 13.8 Å². The maximum absolute atomic E-state index is 5.77. The summed E-state index contributed by atoms with van der Waals surface area (Å²) >= 11 is 1.69. The van der Waals surface area contributed by atoms with Gasteiger partial charge in [-0.15, -0.1) is 11.3 Å². The molecule has 0 bridgehead atoms. The second-order valence-electron chi connectivity index (χ2n) is 6.19. The number of nitrogens with zero attached hydrogens (tertiary/aromatic N) is 2. The molecule has 1 N–H and O–H groups in total. The summed E-state index contributed by atoms with van der Waals surface area (Å²) in [6.45, 7) is 7.16. The lowest BCUT2D eigenvalue weighted by Gasteiger charge is -2.37. The Morgan fingerprint density at radius 1 is 1.55 bits per heavy atom. The van der Waals surface area contributed by atoms with Crippen LogP contribution in [0.5, 0.6) is 0 Å². The fourth-order valence-corrected chi connectivity index (χ4v) is 3.64. The van der Waals surface area contributed by atoms with Crippen molar-refractivity contribution in [3.8, 4) is 0 Å². The molecule has 3 heterocycles. The molecule has 110 valence electrons. The van der Waals surface area contributed by atoms with Crippen LogP contribution in [-0.2, 0) is 11.2 Å². The first-order chi connectivity index (χ1) is 9.67. The topological polar surface area (TPSA) is 38.6 Å². The Kier molecular flexibility index (Phi) is 4.10. The van der Waals surface area contributed by atoms with Crippen molar-refractivity contribution in [1.29, 1.82) is 0 Å².